The monoisotopic (exact) mass is 419 g/mol. The molecule has 1 aromatic carbocycles. The van der Waals surface area contributed by atoms with Crippen LogP contribution >= 0.6 is 0 Å². The van der Waals surface area contributed by atoms with E-state index in [1.807, 2.05) is 35.2 Å². The van der Waals surface area contributed by atoms with Crippen molar-refractivity contribution in [3.63, 3.8) is 0 Å². The van der Waals surface area contributed by atoms with E-state index in [4.69, 9.17) is 14.0 Å². The second kappa shape index (κ2) is 8.10. The van der Waals surface area contributed by atoms with E-state index in [9.17, 15) is 4.79 Å². The summed E-state index contributed by atoms with van der Waals surface area (Å²) in [4.78, 5) is 25.3. The van der Waals surface area contributed by atoms with Gasteiger partial charge in [-0.1, -0.05) is 11.2 Å². The molecule has 0 atom stereocenters. The number of aromatic nitrogens is 3. The molecular weight excluding hydrogens is 398 g/mol. The summed E-state index contributed by atoms with van der Waals surface area (Å²) < 4.78 is 15.7. The van der Waals surface area contributed by atoms with Crippen LogP contribution < -0.4 is 14.4 Å². The van der Waals surface area contributed by atoms with Gasteiger partial charge < -0.3 is 23.8 Å². The highest BCUT2D eigenvalue weighted by atomic mass is 16.7. The minimum Gasteiger partial charge on any atom is -0.454 e. The predicted molar refractivity (Wildman–Crippen MR) is 113 cm³/mol. The van der Waals surface area contributed by atoms with Gasteiger partial charge in [0.15, 0.2) is 11.5 Å². The maximum atomic E-state index is 12.6. The molecular formula is C22H21N5O4. The average Bonchev–Trinajstić information content (AvgIpc) is 3.46. The van der Waals surface area contributed by atoms with Crippen molar-refractivity contribution in [3.05, 3.63) is 54.1 Å². The summed E-state index contributed by atoms with van der Waals surface area (Å²) in [6, 6.07) is 9.50. The first-order valence-corrected chi connectivity index (χ1v) is 10.0. The number of rotatable bonds is 4. The Hall–Kier alpha value is -3.88. The fourth-order valence-electron chi connectivity index (χ4n) is 3.57. The second-order valence-corrected chi connectivity index (χ2v) is 7.30. The number of piperazine rings is 1. The van der Waals surface area contributed by atoms with Crippen molar-refractivity contribution in [2.45, 2.75) is 6.92 Å². The van der Waals surface area contributed by atoms with Gasteiger partial charge in [-0.15, -0.1) is 0 Å². The number of amides is 1. The minimum absolute atomic E-state index is 0.00639. The quantitative estimate of drug-likeness (QED) is 0.596. The number of benzene rings is 1. The first-order valence-electron chi connectivity index (χ1n) is 10.0. The van der Waals surface area contributed by atoms with E-state index in [0.717, 1.165) is 35.8 Å². The molecule has 0 radical (unpaired) electrons. The van der Waals surface area contributed by atoms with Crippen LogP contribution in [0.4, 0.5) is 5.82 Å². The van der Waals surface area contributed by atoms with E-state index in [-0.39, 0.29) is 12.7 Å². The van der Waals surface area contributed by atoms with Gasteiger partial charge in [0.2, 0.25) is 24.4 Å². The molecule has 9 nitrogen and oxygen atoms in total. The third kappa shape index (κ3) is 4.07. The second-order valence-electron chi connectivity index (χ2n) is 7.30. The number of hydrogen-bond donors (Lipinski definition) is 0. The number of hydrogen-bond acceptors (Lipinski definition) is 8. The van der Waals surface area contributed by atoms with Crippen LogP contribution in [0, 0.1) is 6.92 Å². The first kappa shape index (κ1) is 19.1. The molecule has 0 spiro atoms. The molecule has 1 saturated heterocycles. The van der Waals surface area contributed by atoms with Crippen LogP contribution in [-0.2, 0) is 4.79 Å². The maximum absolute atomic E-state index is 12.6. The zero-order valence-electron chi connectivity index (χ0n) is 17.0. The van der Waals surface area contributed by atoms with E-state index in [2.05, 4.69) is 20.0 Å². The van der Waals surface area contributed by atoms with Crippen LogP contribution in [0.25, 0.3) is 17.5 Å². The molecule has 0 saturated carbocycles. The first-order chi connectivity index (χ1) is 15.2. The lowest BCUT2D eigenvalue weighted by Crippen LogP contribution is -2.48. The zero-order valence-corrected chi connectivity index (χ0v) is 17.0. The molecule has 4 heterocycles. The number of aryl methyl sites for hydroxylation is 1. The number of fused-ring (bicyclic) bond motifs is 1. The van der Waals surface area contributed by atoms with E-state index in [1.54, 1.807) is 25.3 Å². The van der Waals surface area contributed by atoms with Crippen molar-refractivity contribution >= 4 is 17.8 Å². The summed E-state index contributed by atoms with van der Waals surface area (Å²) in [5.74, 6) is 3.35. The summed E-state index contributed by atoms with van der Waals surface area (Å²) in [5.41, 5.74) is 1.71. The highest BCUT2D eigenvalue weighted by Gasteiger charge is 2.21. The normalized spacial score (nSPS) is 15.6. The molecule has 0 bridgehead atoms. The van der Waals surface area contributed by atoms with E-state index in [0.29, 0.717) is 30.6 Å². The summed E-state index contributed by atoms with van der Waals surface area (Å²) in [7, 11) is 0. The predicted octanol–water partition coefficient (Wildman–Crippen LogP) is 2.53. The standard InChI is InChI=1S/C22H21N5O4/c1-15-24-22(25-31-15)17-4-6-20(23-13-17)26-8-10-27(11-9-26)21(28)7-3-16-2-5-18-19(12-16)30-14-29-18/h2-7,12-13H,8-11,14H2,1H3/b7-3-. The zero-order chi connectivity index (χ0) is 21.2. The molecule has 2 aliphatic rings. The third-order valence-electron chi connectivity index (χ3n) is 5.26. The molecule has 0 unspecified atom stereocenters. The van der Waals surface area contributed by atoms with Crippen LogP contribution in [0.15, 0.2) is 47.1 Å². The van der Waals surface area contributed by atoms with Crippen molar-refractivity contribution in [2.75, 3.05) is 37.9 Å². The molecule has 2 aliphatic heterocycles. The van der Waals surface area contributed by atoms with E-state index in [1.165, 1.54) is 0 Å². The number of pyridine rings is 1. The molecule has 9 heteroatoms. The number of carbonyl (C=O) groups excluding carboxylic acids is 1. The van der Waals surface area contributed by atoms with E-state index >= 15 is 0 Å². The largest absolute Gasteiger partial charge is 0.454 e. The summed E-state index contributed by atoms with van der Waals surface area (Å²) >= 11 is 0. The molecule has 5 rings (SSSR count). The van der Waals surface area contributed by atoms with E-state index < -0.39 is 0 Å². The Morgan fingerprint density at radius 3 is 2.65 bits per heavy atom. The smallest absolute Gasteiger partial charge is 0.246 e. The van der Waals surface area contributed by atoms with Crippen molar-refractivity contribution < 1.29 is 18.8 Å². The highest BCUT2D eigenvalue weighted by Crippen LogP contribution is 2.32. The van der Waals surface area contributed by atoms with Gasteiger partial charge in [0.25, 0.3) is 0 Å². The Morgan fingerprint density at radius 2 is 1.90 bits per heavy atom. The van der Waals surface area contributed by atoms with Gasteiger partial charge in [-0.05, 0) is 35.9 Å². The van der Waals surface area contributed by atoms with Crippen LogP contribution in [0.2, 0.25) is 0 Å². The molecule has 2 aromatic heterocycles. The van der Waals surface area contributed by atoms with Crippen LogP contribution in [0.1, 0.15) is 11.5 Å². The molecule has 0 aliphatic carbocycles. The Bertz CT molecular complexity index is 1120. The van der Waals surface area contributed by atoms with Gasteiger partial charge in [-0.3, -0.25) is 4.79 Å². The topological polar surface area (TPSA) is 93.8 Å². The molecule has 31 heavy (non-hydrogen) atoms. The minimum atomic E-state index is -0.00639. The number of ether oxygens (including phenoxy) is 2. The maximum Gasteiger partial charge on any atom is 0.246 e. The molecule has 3 aromatic rings. The SMILES string of the molecule is Cc1nc(-c2ccc(N3CCN(C(=O)/C=C\c4ccc5c(c4)OCO5)CC3)nc2)no1. The molecule has 158 valence electrons. The molecule has 1 fully saturated rings. The lowest BCUT2D eigenvalue weighted by atomic mass is 10.2. The van der Waals surface area contributed by atoms with Crippen LogP contribution in [0.3, 0.4) is 0 Å². The molecule has 1 amide bonds. The number of nitrogens with zero attached hydrogens (tertiary/aromatic N) is 5. The number of anilines is 1. The Labute approximate surface area is 178 Å². The van der Waals surface area contributed by atoms with Crippen molar-refractivity contribution in [3.8, 4) is 22.9 Å². The Balaban J connectivity index is 1.17. The highest BCUT2D eigenvalue weighted by molar-refractivity contribution is 5.92. The van der Waals surface area contributed by atoms with Crippen molar-refractivity contribution in [2.24, 2.45) is 0 Å². The summed E-state index contributed by atoms with van der Waals surface area (Å²) in [6.45, 7) is 4.70. The molecule has 0 N–H and O–H groups in total. The van der Waals surface area contributed by atoms with Gasteiger partial charge in [0, 0.05) is 50.9 Å². The van der Waals surface area contributed by atoms with Crippen LogP contribution in [0.5, 0.6) is 11.5 Å². The van der Waals surface area contributed by atoms with Gasteiger partial charge in [-0.25, -0.2) is 4.98 Å². The average molecular weight is 419 g/mol. The fourth-order valence-corrected chi connectivity index (χ4v) is 3.57. The van der Waals surface area contributed by atoms with Gasteiger partial charge in [0.1, 0.15) is 5.82 Å². The van der Waals surface area contributed by atoms with Gasteiger partial charge in [-0.2, -0.15) is 4.98 Å². The van der Waals surface area contributed by atoms with Gasteiger partial charge >= 0.3 is 0 Å². The summed E-state index contributed by atoms with van der Waals surface area (Å²) in [6.07, 6.45) is 5.15. The number of carbonyl (C=O) groups is 1. The van der Waals surface area contributed by atoms with Gasteiger partial charge in [0.05, 0.1) is 0 Å². The lowest BCUT2D eigenvalue weighted by Gasteiger charge is -2.35. The van der Waals surface area contributed by atoms with Crippen molar-refractivity contribution in [1.82, 2.24) is 20.0 Å². The third-order valence-corrected chi connectivity index (χ3v) is 5.26. The lowest BCUT2D eigenvalue weighted by molar-refractivity contribution is -0.126. The van der Waals surface area contributed by atoms with Crippen LogP contribution in [-0.4, -0.2) is 58.9 Å². The summed E-state index contributed by atoms with van der Waals surface area (Å²) in [5, 5.41) is 3.91. The Morgan fingerprint density at radius 1 is 1.06 bits per heavy atom. The Kier molecular flexibility index (Phi) is 4.99. The fraction of sp³-hybridized carbons (Fsp3) is 0.273. The van der Waals surface area contributed by atoms with Crippen molar-refractivity contribution in [1.29, 1.82) is 0 Å².